The zero-order valence-electron chi connectivity index (χ0n) is 6.59. The van der Waals surface area contributed by atoms with Gasteiger partial charge in [-0.05, 0) is 23.8 Å². The molecular formula is C8H8ClO3P. The number of hydrogen-bond donors (Lipinski definition) is 2. The molecule has 0 unspecified atom stereocenters. The average molecular weight is 219 g/mol. The average Bonchev–Trinajstić information content (AvgIpc) is 2.02. The molecule has 0 amide bonds. The van der Waals surface area contributed by atoms with Crippen LogP contribution < -0.4 is 0 Å². The van der Waals surface area contributed by atoms with E-state index in [-0.39, 0.29) is 0 Å². The maximum atomic E-state index is 10.5. The van der Waals surface area contributed by atoms with Gasteiger partial charge < -0.3 is 9.79 Å². The summed E-state index contributed by atoms with van der Waals surface area (Å²) in [4.78, 5) is 17.1. The molecule has 0 aliphatic carbocycles. The van der Waals surface area contributed by atoms with Crippen LogP contribution in [0.3, 0.4) is 0 Å². The minimum atomic E-state index is -4.06. The van der Waals surface area contributed by atoms with Gasteiger partial charge in [-0.25, -0.2) is 0 Å². The van der Waals surface area contributed by atoms with Crippen LogP contribution in [0.25, 0.3) is 6.08 Å². The molecule has 0 saturated carbocycles. The van der Waals surface area contributed by atoms with Crippen molar-refractivity contribution >= 4 is 25.3 Å². The van der Waals surface area contributed by atoms with Crippen molar-refractivity contribution in [1.82, 2.24) is 0 Å². The minimum absolute atomic E-state index is 0.591. The van der Waals surface area contributed by atoms with Crippen LogP contribution >= 0.6 is 19.2 Å². The van der Waals surface area contributed by atoms with E-state index >= 15 is 0 Å². The molecule has 0 radical (unpaired) electrons. The van der Waals surface area contributed by atoms with E-state index in [1.54, 1.807) is 24.3 Å². The molecule has 0 atom stereocenters. The smallest absolute Gasteiger partial charge is 0.321 e. The summed E-state index contributed by atoms with van der Waals surface area (Å²) < 4.78 is 10.5. The molecule has 0 bridgehead atoms. The molecular weight excluding hydrogens is 211 g/mol. The predicted molar refractivity (Wildman–Crippen MR) is 52.5 cm³/mol. The van der Waals surface area contributed by atoms with Crippen LogP contribution in [0.2, 0.25) is 5.02 Å². The molecule has 13 heavy (non-hydrogen) atoms. The second-order valence-electron chi connectivity index (χ2n) is 2.46. The van der Waals surface area contributed by atoms with Gasteiger partial charge in [-0.3, -0.25) is 4.57 Å². The van der Waals surface area contributed by atoms with Crippen LogP contribution in [0, 0.1) is 0 Å². The first-order valence-corrected chi connectivity index (χ1v) is 5.53. The Hall–Kier alpha value is -0.600. The molecule has 0 aliphatic rings. The fourth-order valence-corrected chi connectivity index (χ4v) is 1.25. The third kappa shape index (κ3) is 4.25. The molecule has 2 N–H and O–H groups in total. The van der Waals surface area contributed by atoms with Gasteiger partial charge in [0.25, 0.3) is 0 Å². The first-order valence-electron chi connectivity index (χ1n) is 3.47. The van der Waals surface area contributed by atoms with Crippen molar-refractivity contribution in [3.8, 4) is 0 Å². The maximum absolute atomic E-state index is 10.5. The number of halogens is 1. The van der Waals surface area contributed by atoms with Gasteiger partial charge in [0.1, 0.15) is 0 Å². The quantitative estimate of drug-likeness (QED) is 0.750. The SMILES string of the molecule is O=P(O)(O)C=Cc1ccc(Cl)cc1. The molecule has 1 aromatic carbocycles. The van der Waals surface area contributed by atoms with Crippen LogP contribution in [0.5, 0.6) is 0 Å². The van der Waals surface area contributed by atoms with Crippen LogP contribution in [0.15, 0.2) is 30.1 Å². The van der Waals surface area contributed by atoms with Gasteiger partial charge in [-0.2, -0.15) is 0 Å². The summed E-state index contributed by atoms with van der Waals surface area (Å²) in [5.41, 5.74) is 0.702. The Morgan fingerprint density at radius 1 is 1.23 bits per heavy atom. The van der Waals surface area contributed by atoms with Crippen molar-refractivity contribution in [2.75, 3.05) is 0 Å². The normalized spacial score (nSPS) is 12.2. The van der Waals surface area contributed by atoms with Crippen molar-refractivity contribution in [2.45, 2.75) is 0 Å². The lowest BCUT2D eigenvalue weighted by atomic mass is 10.2. The molecule has 1 rings (SSSR count). The number of hydrogen-bond acceptors (Lipinski definition) is 1. The zero-order valence-corrected chi connectivity index (χ0v) is 8.24. The van der Waals surface area contributed by atoms with Gasteiger partial charge in [-0.1, -0.05) is 23.7 Å². The Bertz CT molecular complexity index is 352. The van der Waals surface area contributed by atoms with Crippen LogP contribution in [-0.4, -0.2) is 9.79 Å². The molecule has 5 heteroatoms. The van der Waals surface area contributed by atoms with Crippen molar-refractivity contribution < 1.29 is 14.4 Å². The van der Waals surface area contributed by atoms with Crippen molar-refractivity contribution in [3.05, 3.63) is 40.7 Å². The molecule has 0 spiro atoms. The molecule has 1 aromatic rings. The molecule has 0 heterocycles. The lowest BCUT2D eigenvalue weighted by Crippen LogP contribution is -1.72. The summed E-state index contributed by atoms with van der Waals surface area (Å²) in [6.07, 6.45) is 1.36. The summed E-state index contributed by atoms with van der Waals surface area (Å²) in [6, 6.07) is 6.66. The zero-order chi connectivity index (χ0) is 9.90. The highest BCUT2D eigenvalue weighted by atomic mass is 35.5. The first kappa shape index (κ1) is 10.5. The van der Waals surface area contributed by atoms with Crippen molar-refractivity contribution in [3.63, 3.8) is 0 Å². The fourth-order valence-electron chi connectivity index (χ4n) is 0.757. The van der Waals surface area contributed by atoms with E-state index in [1.165, 1.54) is 6.08 Å². The van der Waals surface area contributed by atoms with Gasteiger partial charge in [0, 0.05) is 10.8 Å². The Morgan fingerprint density at radius 2 is 1.77 bits per heavy atom. The summed E-state index contributed by atoms with van der Waals surface area (Å²) in [7, 11) is -4.06. The van der Waals surface area contributed by atoms with E-state index < -0.39 is 7.60 Å². The van der Waals surface area contributed by atoms with E-state index in [9.17, 15) is 4.57 Å². The molecule has 3 nitrogen and oxygen atoms in total. The van der Waals surface area contributed by atoms with Crippen LogP contribution in [0.1, 0.15) is 5.56 Å². The third-order valence-electron chi connectivity index (χ3n) is 1.33. The maximum Gasteiger partial charge on any atom is 0.349 e. The lowest BCUT2D eigenvalue weighted by Gasteiger charge is -1.95. The summed E-state index contributed by atoms with van der Waals surface area (Å²) >= 11 is 5.62. The number of rotatable bonds is 2. The second-order valence-corrected chi connectivity index (χ2v) is 4.37. The third-order valence-corrected chi connectivity index (χ3v) is 2.12. The first-order chi connectivity index (χ1) is 5.97. The largest absolute Gasteiger partial charge is 0.349 e. The Morgan fingerprint density at radius 3 is 2.23 bits per heavy atom. The predicted octanol–water partition coefficient (Wildman–Crippen LogP) is 2.49. The second kappa shape index (κ2) is 4.07. The minimum Gasteiger partial charge on any atom is -0.321 e. The standard InChI is InChI=1S/C8H8ClO3P/c9-8-3-1-7(2-4-8)5-6-13(10,11)12/h1-6H,(H2,10,11,12). The van der Waals surface area contributed by atoms with Crippen LogP contribution in [0.4, 0.5) is 0 Å². The van der Waals surface area contributed by atoms with Gasteiger partial charge in [0.15, 0.2) is 0 Å². The Kier molecular flexibility index (Phi) is 3.28. The molecule has 0 aliphatic heterocycles. The van der Waals surface area contributed by atoms with Gasteiger partial charge >= 0.3 is 7.60 Å². The van der Waals surface area contributed by atoms with Crippen molar-refractivity contribution in [1.29, 1.82) is 0 Å². The van der Waals surface area contributed by atoms with Crippen LogP contribution in [-0.2, 0) is 4.57 Å². The highest BCUT2D eigenvalue weighted by molar-refractivity contribution is 7.55. The van der Waals surface area contributed by atoms with E-state index in [2.05, 4.69) is 0 Å². The van der Waals surface area contributed by atoms with E-state index in [0.717, 1.165) is 5.82 Å². The molecule has 0 fully saturated rings. The summed E-state index contributed by atoms with van der Waals surface area (Å²) in [5.74, 6) is 0.857. The van der Waals surface area contributed by atoms with Crippen molar-refractivity contribution in [2.24, 2.45) is 0 Å². The number of benzene rings is 1. The van der Waals surface area contributed by atoms with Gasteiger partial charge in [-0.15, -0.1) is 0 Å². The molecule has 0 aromatic heterocycles. The Balaban J connectivity index is 2.81. The monoisotopic (exact) mass is 218 g/mol. The van der Waals surface area contributed by atoms with E-state index in [1.807, 2.05) is 0 Å². The van der Waals surface area contributed by atoms with E-state index in [4.69, 9.17) is 21.4 Å². The van der Waals surface area contributed by atoms with Gasteiger partial charge in [0.2, 0.25) is 0 Å². The molecule has 70 valence electrons. The highest BCUT2D eigenvalue weighted by Crippen LogP contribution is 2.36. The fraction of sp³-hybridized carbons (Fsp3) is 0. The van der Waals surface area contributed by atoms with E-state index in [0.29, 0.717) is 10.6 Å². The highest BCUT2D eigenvalue weighted by Gasteiger charge is 2.04. The topological polar surface area (TPSA) is 57.5 Å². The van der Waals surface area contributed by atoms with Gasteiger partial charge in [0.05, 0.1) is 0 Å². The molecule has 0 saturated heterocycles. The Labute approximate surface area is 80.8 Å². The summed E-state index contributed by atoms with van der Waals surface area (Å²) in [5, 5.41) is 0.591. The lowest BCUT2D eigenvalue weighted by molar-refractivity contribution is 0.386. The summed E-state index contributed by atoms with van der Waals surface area (Å²) in [6.45, 7) is 0.